The van der Waals surface area contributed by atoms with Crippen LogP contribution in [0.15, 0.2) is 29.2 Å². The topological polar surface area (TPSA) is 73.5 Å². The van der Waals surface area contributed by atoms with Crippen molar-refractivity contribution in [2.45, 2.75) is 49.7 Å². The molecule has 0 radical (unpaired) electrons. The summed E-state index contributed by atoms with van der Waals surface area (Å²) in [6.45, 7) is 4.33. The number of anilines is 1. The summed E-state index contributed by atoms with van der Waals surface area (Å²) in [5.41, 5.74) is 0.658. The Hall–Kier alpha value is -1.22. The molecule has 0 amide bonds. The summed E-state index contributed by atoms with van der Waals surface area (Å²) in [5.74, 6) is 0. The normalized spacial score (nSPS) is 24.6. The first-order valence-electron chi connectivity index (χ1n) is 8.04. The lowest BCUT2D eigenvalue weighted by atomic mass is 9.95. The second kappa shape index (κ2) is 7.77. The van der Waals surface area contributed by atoms with Gasteiger partial charge in [-0.05, 0) is 57.1 Å². The third kappa shape index (κ3) is 4.89. The molecule has 0 unspecified atom stereocenters. The van der Waals surface area contributed by atoms with E-state index in [0.29, 0.717) is 28.9 Å². The van der Waals surface area contributed by atoms with Crippen LogP contribution in [0.25, 0.3) is 0 Å². The van der Waals surface area contributed by atoms with Crippen molar-refractivity contribution < 1.29 is 8.42 Å². The predicted molar refractivity (Wildman–Crippen MR) is 102 cm³/mol. The highest BCUT2D eigenvalue weighted by Crippen LogP contribution is 2.18. The lowest BCUT2D eigenvalue weighted by molar-refractivity contribution is 0.303. The van der Waals surface area contributed by atoms with E-state index < -0.39 is 10.0 Å². The maximum absolute atomic E-state index is 12.2. The molecule has 3 N–H and O–H groups in total. The number of sulfonamides is 1. The molecule has 2 atom stereocenters. The molecule has 0 bridgehead atoms. The standard InChI is InChI=1S/C16H26N4O2S2/c1-11-8-14(9-12(2)17-11)19-16(23)18-13-6-5-7-15(10-13)24(21,22)20(3)4/h5-7,10-12,14,17H,8-9H2,1-4H3,(H2,18,19,23)/t11-,12-/m1/s1. The van der Waals surface area contributed by atoms with Gasteiger partial charge in [-0.1, -0.05) is 6.07 Å². The van der Waals surface area contributed by atoms with Crippen LogP contribution in [0.5, 0.6) is 0 Å². The van der Waals surface area contributed by atoms with Gasteiger partial charge in [0.2, 0.25) is 10.0 Å². The summed E-state index contributed by atoms with van der Waals surface area (Å²) in [5, 5.41) is 10.4. The van der Waals surface area contributed by atoms with E-state index in [1.54, 1.807) is 24.3 Å². The van der Waals surface area contributed by atoms with Crippen molar-refractivity contribution in [1.29, 1.82) is 0 Å². The van der Waals surface area contributed by atoms with Crippen LogP contribution in [-0.4, -0.2) is 50.1 Å². The van der Waals surface area contributed by atoms with Gasteiger partial charge in [0, 0.05) is 37.9 Å². The summed E-state index contributed by atoms with van der Waals surface area (Å²) in [4.78, 5) is 0.240. The smallest absolute Gasteiger partial charge is 0.242 e. The number of thiocarbonyl (C=S) groups is 1. The Labute approximate surface area is 150 Å². The second-order valence-corrected chi connectivity index (χ2v) is 9.11. The van der Waals surface area contributed by atoms with Gasteiger partial charge in [-0.2, -0.15) is 0 Å². The summed E-state index contributed by atoms with van der Waals surface area (Å²) in [6, 6.07) is 7.88. The minimum atomic E-state index is -3.46. The second-order valence-electron chi connectivity index (χ2n) is 6.55. The van der Waals surface area contributed by atoms with Crippen LogP contribution in [0.3, 0.4) is 0 Å². The highest BCUT2D eigenvalue weighted by atomic mass is 32.2. The van der Waals surface area contributed by atoms with Crippen molar-refractivity contribution in [3.8, 4) is 0 Å². The van der Waals surface area contributed by atoms with E-state index in [-0.39, 0.29) is 4.90 Å². The monoisotopic (exact) mass is 370 g/mol. The van der Waals surface area contributed by atoms with E-state index in [1.165, 1.54) is 18.4 Å². The van der Waals surface area contributed by atoms with Crippen LogP contribution in [0, 0.1) is 0 Å². The Morgan fingerprint density at radius 2 is 1.88 bits per heavy atom. The third-order valence-corrected chi connectivity index (χ3v) is 6.08. The lowest BCUT2D eigenvalue weighted by Gasteiger charge is -2.34. The van der Waals surface area contributed by atoms with Gasteiger partial charge in [-0.15, -0.1) is 0 Å². The number of piperidine rings is 1. The summed E-state index contributed by atoms with van der Waals surface area (Å²) >= 11 is 5.38. The van der Waals surface area contributed by atoms with E-state index in [1.807, 2.05) is 0 Å². The van der Waals surface area contributed by atoms with E-state index in [2.05, 4.69) is 29.8 Å². The minimum absolute atomic E-state index is 0.240. The van der Waals surface area contributed by atoms with Crippen LogP contribution < -0.4 is 16.0 Å². The number of nitrogens with one attached hydrogen (secondary N) is 3. The molecule has 1 aliphatic rings. The van der Waals surface area contributed by atoms with Gasteiger partial charge in [0.15, 0.2) is 5.11 Å². The zero-order valence-corrected chi connectivity index (χ0v) is 16.2. The van der Waals surface area contributed by atoms with Gasteiger partial charge < -0.3 is 16.0 Å². The van der Waals surface area contributed by atoms with Crippen LogP contribution in [0.4, 0.5) is 5.69 Å². The van der Waals surface area contributed by atoms with Crippen molar-refractivity contribution in [2.24, 2.45) is 0 Å². The molecule has 134 valence electrons. The van der Waals surface area contributed by atoms with Gasteiger partial charge in [-0.25, -0.2) is 12.7 Å². The first-order valence-corrected chi connectivity index (χ1v) is 9.89. The average molecular weight is 371 g/mol. The first kappa shape index (κ1) is 19.1. The molecule has 1 aromatic rings. The van der Waals surface area contributed by atoms with E-state index >= 15 is 0 Å². The van der Waals surface area contributed by atoms with Crippen LogP contribution in [0.2, 0.25) is 0 Å². The number of rotatable bonds is 4. The number of benzene rings is 1. The highest BCUT2D eigenvalue weighted by Gasteiger charge is 2.23. The molecule has 2 rings (SSSR count). The Morgan fingerprint density at radius 3 is 2.46 bits per heavy atom. The van der Waals surface area contributed by atoms with Gasteiger partial charge >= 0.3 is 0 Å². The van der Waals surface area contributed by atoms with Gasteiger partial charge in [-0.3, -0.25) is 0 Å². The van der Waals surface area contributed by atoms with Crippen molar-refractivity contribution >= 4 is 33.0 Å². The predicted octanol–water partition coefficient (Wildman–Crippen LogP) is 1.75. The Bertz CT molecular complexity index is 681. The number of nitrogens with zero attached hydrogens (tertiary/aromatic N) is 1. The molecular formula is C16H26N4O2S2. The van der Waals surface area contributed by atoms with Gasteiger partial charge in [0.1, 0.15) is 0 Å². The quantitative estimate of drug-likeness (QED) is 0.702. The van der Waals surface area contributed by atoms with Gasteiger partial charge in [0.25, 0.3) is 0 Å². The zero-order valence-electron chi connectivity index (χ0n) is 14.5. The van der Waals surface area contributed by atoms with Crippen molar-refractivity contribution in [3.63, 3.8) is 0 Å². The number of hydrogen-bond donors (Lipinski definition) is 3. The Kier molecular flexibility index (Phi) is 6.19. The molecule has 0 aromatic heterocycles. The molecule has 0 spiro atoms. The molecule has 1 fully saturated rings. The highest BCUT2D eigenvalue weighted by molar-refractivity contribution is 7.89. The summed E-state index contributed by atoms with van der Waals surface area (Å²) in [6.07, 6.45) is 2.00. The molecular weight excluding hydrogens is 344 g/mol. The third-order valence-electron chi connectivity index (χ3n) is 4.05. The summed E-state index contributed by atoms with van der Waals surface area (Å²) < 4.78 is 25.6. The molecule has 6 nitrogen and oxygen atoms in total. The first-order chi connectivity index (χ1) is 11.2. The van der Waals surface area contributed by atoms with Crippen LogP contribution in [0.1, 0.15) is 26.7 Å². The number of hydrogen-bond acceptors (Lipinski definition) is 4. The van der Waals surface area contributed by atoms with Crippen LogP contribution in [-0.2, 0) is 10.0 Å². The van der Waals surface area contributed by atoms with Crippen molar-refractivity contribution in [2.75, 3.05) is 19.4 Å². The fourth-order valence-corrected chi connectivity index (χ4v) is 4.22. The lowest BCUT2D eigenvalue weighted by Crippen LogP contribution is -2.51. The van der Waals surface area contributed by atoms with E-state index in [4.69, 9.17) is 12.2 Å². The fraction of sp³-hybridized carbons (Fsp3) is 0.562. The average Bonchev–Trinajstić information content (AvgIpc) is 2.45. The largest absolute Gasteiger partial charge is 0.360 e. The Morgan fingerprint density at radius 1 is 1.25 bits per heavy atom. The molecule has 1 aromatic carbocycles. The van der Waals surface area contributed by atoms with Gasteiger partial charge in [0.05, 0.1) is 4.90 Å². The molecule has 0 aliphatic carbocycles. The van der Waals surface area contributed by atoms with Crippen molar-refractivity contribution in [1.82, 2.24) is 14.9 Å². The molecule has 8 heteroatoms. The summed E-state index contributed by atoms with van der Waals surface area (Å²) in [7, 11) is -0.426. The maximum Gasteiger partial charge on any atom is 0.242 e. The maximum atomic E-state index is 12.2. The fourth-order valence-electron chi connectivity index (χ4n) is 2.99. The SMILES string of the molecule is C[C@@H]1CC(NC(=S)Nc2cccc(S(=O)(=O)N(C)C)c2)C[C@@H](C)N1. The zero-order chi connectivity index (χ0) is 17.9. The van der Waals surface area contributed by atoms with E-state index in [0.717, 1.165) is 12.8 Å². The molecule has 1 saturated heterocycles. The molecule has 0 saturated carbocycles. The van der Waals surface area contributed by atoms with Crippen LogP contribution >= 0.6 is 12.2 Å². The minimum Gasteiger partial charge on any atom is -0.360 e. The molecule has 24 heavy (non-hydrogen) atoms. The van der Waals surface area contributed by atoms with Crippen molar-refractivity contribution in [3.05, 3.63) is 24.3 Å². The molecule has 1 heterocycles. The van der Waals surface area contributed by atoms with E-state index in [9.17, 15) is 8.42 Å². The molecule has 1 aliphatic heterocycles. The Balaban J connectivity index is 2.02.